The minimum absolute atomic E-state index is 0.0971. The Hall–Kier alpha value is -3.76. The van der Waals surface area contributed by atoms with Gasteiger partial charge in [0.15, 0.2) is 0 Å². The van der Waals surface area contributed by atoms with Crippen LogP contribution in [-0.2, 0) is 13.0 Å². The van der Waals surface area contributed by atoms with Crippen molar-refractivity contribution in [2.75, 3.05) is 6.61 Å². The van der Waals surface area contributed by atoms with Crippen LogP contribution in [0.1, 0.15) is 52.4 Å². The van der Waals surface area contributed by atoms with Crippen LogP contribution in [0.2, 0.25) is 0 Å². The van der Waals surface area contributed by atoms with Crippen molar-refractivity contribution in [2.24, 2.45) is 0 Å². The fourth-order valence-corrected chi connectivity index (χ4v) is 5.22. The number of ether oxygens (including phenoxy) is 1. The summed E-state index contributed by atoms with van der Waals surface area (Å²) in [5.41, 5.74) is 4.79. The quantitative estimate of drug-likeness (QED) is 0.348. The number of nitrogens with zero attached hydrogens (tertiary/aromatic N) is 5. The third-order valence-electron chi connectivity index (χ3n) is 7.05. The highest BCUT2D eigenvalue weighted by Crippen LogP contribution is 2.26. The first-order chi connectivity index (χ1) is 19.0. The van der Waals surface area contributed by atoms with Gasteiger partial charge in [-0.25, -0.2) is 14.2 Å². The van der Waals surface area contributed by atoms with E-state index in [0.29, 0.717) is 40.6 Å². The van der Waals surface area contributed by atoms with E-state index in [2.05, 4.69) is 21.0 Å². The Morgan fingerprint density at radius 3 is 2.50 bits per heavy atom. The van der Waals surface area contributed by atoms with E-state index in [0.717, 1.165) is 21.4 Å². The molecule has 2 aromatic carbocycles. The number of halogens is 1. The second kappa shape index (κ2) is 11.0. The molecule has 4 aromatic rings. The molecule has 0 spiro atoms. The zero-order valence-electron chi connectivity index (χ0n) is 23.2. The molecule has 0 aliphatic carbocycles. The average Bonchev–Trinajstić information content (AvgIpc) is 3.26. The molecule has 1 N–H and O–H groups in total. The molecule has 40 heavy (non-hydrogen) atoms. The van der Waals surface area contributed by atoms with Gasteiger partial charge in [-0.1, -0.05) is 15.9 Å². The van der Waals surface area contributed by atoms with E-state index in [1.807, 2.05) is 52.0 Å². The molecule has 1 amide bonds. The molecule has 5 rings (SSSR count). The van der Waals surface area contributed by atoms with Crippen molar-refractivity contribution in [3.8, 4) is 17.4 Å². The summed E-state index contributed by atoms with van der Waals surface area (Å²) in [7, 11) is 0. The fraction of sp³-hybridized carbons (Fsp3) is 0.333. The van der Waals surface area contributed by atoms with Gasteiger partial charge in [-0.3, -0.25) is 9.59 Å². The Bertz CT molecular complexity index is 1640. The van der Waals surface area contributed by atoms with E-state index in [4.69, 9.17) is 9.72 Å². The lowest BCUT2D eigenvalue weighted by Crippen LogP contribution is -2.46. The molecule has 2 aromatic heterocycles. The number of benzene rings is 2. The van der Waals surface area contributed by atoms with Crippen molar-refractivity contribution in [3.63, 3.8) is 0 Å². The molecule has 0 bridgehead atoms. The second-order valence-corrected chi connectivity index (χ2v) is 11.3. The van der Waals surface area contributed by atoms with E-state index in [1.54, 1.807) is 45.3 Å². The topological polar surface area (TPSA) is 102 Å². The van der Waals surface area contributed by atoms with Gasteiger partial charge in [0, 0.05) is 27.3 Å². The molecular formula is C30H32BrN5O4. The lowest BCUT2D eigenvalue weighted by atomic mass is 9.98. The van der Waals surface area contributed by atoms with E-state index >= 15 is 0 Å². The van der Waals surface area contributed by atoms with Crippen LogP contribution in [0, 0.1) is 20.8 Å². The minimum Gasteiger partial charge on any atom is -0.491 e. The second-order valence-electron chi connectivity index (χ2n) is 10.4. The molecule has 0 saturated carbocycles. The van der Waals surface area contributed by atoms with Crippen molar-refractivity contribution in [1.29, 1.82) is 0 Å². The van der Waals surface area contributed by atoms with Gasteiger partial charge >= 0.3 is 0 Å². The Kier molecular flexibility index (Phi) is 7.65. The molecular weight excluding hydrogens is 574 g/mol. The summed E-state index contributed by atoms with van der Waals surface area (Å²) in [5, 5.41) is 14.1. The van der Waals surface area contributed by atoms with Gasteiger partial charge in [0.25, 0.3) is 11.5 Å². The maximum Gasteiger partial charge on any atom is 0.263 e. The molecule has 10 heteroatoms. The van der Waals surface area contributed by atoms with Gasteiger partial charge < -0.3 is 14.7 Å². The maximum absolute atomic E-state index is 14.1. The molecule has 2 atom stereocenters. The van der Waals surface area contributed by atoms with Crippen LogP contribution < -0.4 is 10.3 Å². The van der Waals surface area contributed by atoms with Gasteiger partial charge in [-0.05, 0) is 95.1 Å². The number of rotatable bonds is 6. The molecule has 3 heterocycles. The molecule has 0 radical (unpaired) electrons. The third kappa shape index (κ3) is 5.33. The summed E-state index contributed by atoms with van der Waals surface area (Å²) < 4.78 is 9.78. The molecule has 1 aliphatic rings. The fourth-order valence-electron chi connectivity index (χ4n) is 4.98. The summed E-state index contributed by atoms with van der Waals surface area (Å²) in [6.07, 6.45) is -0.207. The van der Waals surface area contributed by atoms with Crippen molar-refractivity contribution in [3.05, 3.63) is 97.1 Å². The first-order valence-electron chi connectivity index (χ1n) is 13.2. The summed E-state index contributed by atoms with van der Waals surface area (Å²) in [6, 6.07) is 14.4. The van der Waals surface area contributed by atoms with Gasteiger partial charge in [-0.2, -0.15) is 5.10 Å². The lowest BCUT2D eigenvalue weighted by Gasteiger charge is -2.34. The standard InChI is InChI=1S/C30H32BrN5O4/c1-17-12-22(6-11-26(17)31)28(38)34-15-27-25(14-19(34)3)29(39)35(30(32-27)36-20(4)13-18(2)33-36)23-7-9-24(10-8-23)40-16-21(5)37/h6-13,19,21,37H,14-16H2,1-5H3/t19-,21-/m1/s1. The van der Waals surface area contributed by atoms with E-state index < -0.39 is 6.10 Å². The highest BCUT2D eigenvalue weighted by atomic mass is 79.9. The van der Waals surface area contributed by atoms with Gasteiger partial charge in [0.2, 0.25) is 5.95 Å². The predicted octanol–water partition coefficient (Wildman–Crippen LogP) is 4.45. The Labute approximate surface area is 241 Å². The van der Waals surface area contributed by atoms with Crippen molar-refractivity contribution >= 4 is 21.8 Å². The number of hydrogen-bond acceptors (Lipinski definition) is 6. The van der Waals surface area contributed by atoms with Gasteiger partial charge in [0.1, 0.15) is 12.4 Å². The van der Waals surface area contributed by atoms with E-state index in [-0.39, 0.29) is 30.7 Å². The number of aliphatic hydroxyl groups is 1. The monoisotopic (exact) mass is 605 g/mol. The predicted molar refractivity (Wildman–Crippen MR) is 156 cm³/mol. The number of aliphatic hydroxyl groups excluding tert-OH is 1. The number of amides is 1. The first-order valence-corrected chi connectivity index (χ1v) is 14.0. The summed E-state index contributed by atoms with van der Waals surface area (Å²) >= 11 is 3.50. The van der Waals surface area contributed by atoms with Gasteiger partial charge in [0.05, 0.1) is 29.7 Å². The summed E-state index contributed by atoms with van der Waals surface area (Å²) in [5.74, 6) is 0.843. The lowest BCUT2D eigenvalue weighted by molar-refractivity contribution is 0.0652. The van der Waals surface area contributed by atoms with Crippen LogP contribution >= 0.6 is 15.9 Å². The number of aromatic nitrogens is 4. The Morgan fingerprint density at radius 1 is 1.15 bits per heavy atom. The minimum atomic E-state index is -0.592. The molecule has 0 fully saturated rings. The first kappa shape index (κ1) is 27.8. The summed E-state index contributed by atoms with van der Waals surface area (Å²) in [4.78, 5) is 34.4. The molecule has 0 unspecified atom stereocenters. The molecule has 208 valence electrons. The van der Waals surface area contributed by atoms with Gasteiger partial charge in [-0.15, -0.1) is 0 Å². The zero-order chi connectivity index (χ0) is 28.7. The number of fused-ring (bicyclic) bond motifs is 1. The van der Waals surface area contributed by atoms with Crippen molar-refractivity contribution in [2.45, 2.75) is 59.7 Å². The van der Waals surface area contributed by atoms with Crippen LogP contribution in [-0.4, -0.2) is 54.0 Å². The van der Waals surface area contributed by atoms with Crippen molar-refractivity contribution < 1.29 is 14.6 Å². The van der Waals surface area contributed by atoms with Crippen LogP contribution in [0.25, 0.3) is 11.6 Å². The summed E-state index contributed by atoms with van der Waals surface area (Å²) in [6.45, 7) is 9.76. The highest BCUT2D eigenvalue weighted by Gasteiger charge is 2.32. The largest absolute Gasteiger partial charge is 0.491 e. The van der Waals surface area contributed by atoms with Crippen LogP contribution in [0.3, 0.4) is 0 Å². The highest BCUT2D eigenvalue weighted by molar-refractivity contribution is 9.10. The average molecular weight is 607 g/mol. The molecule has 0 saturated heterocycles. The third-order valence-corrected chi connectivity index (χ3v) is 7.94. The smallest absolute Gasteiger partial charge is 0.263 e. The number of carbonyl (C=O) groups is 1. The zero-order valence-corrected chi connectivity index (χ0v) is 24.8. The Balaban J connectivity index is 1.59. The van der Waals surface area contributed by atoms with Crippen LogP contribution in [0.4, 0.5) is 0 Å². The number of hydrogen-bond donors (Lipinski definition) is 1. The molecule has 9 nitrogen and oxygen atoms in total. The normalized spacial score (nSPS) is 15.6. The van der Waals surface area contributed by atoms with Crippen molar-refractivity contribution in [1.82, 2.24) is 24.2 Å². The maximum atomic E-state index is 14.1. The van der Waals surface area contributed by atoms with Crippen LogP contribution in [0.5, 0.6) is 5.75 Å². The SMILES string of the molecule is Cc1cc(C)n(-c2nc3c(c(=O)n2-c2ccc(OC[C@@H](C)O)cc2)C[C@@H](C)N(C(=O)c2ccc(Br)c(C)c2)C3)n1. The molecule has 1 aliphatic heterocycles. The van der Waals surface area contributed by atoms with E-state index in [1.165, 1.54) is 0 Å². The van der Waals surface area contributed by atoms with E-state index in [9.17, 15) is 14.7 Å². The number of carbonyl (C=O) groups excluding carboxylic acids is 1. The Morgan fingerprint density at radius 2 is 1.88 bits per heavy atom. The number of aryl methyl sites for hydroxylation is 3. The van der Waals surface area contributed by atoms with Crippen LogP contribution in [0.15, 0.2) is 57.8 Å².